The first kappa shape index (κ1) is 37.4. The molecule has 0 aliphatic carbocycles. The third-order valence-corrected chi connectivity index (χ3v) is 6.35. The molecule has 0 radical (unpaired) electrons. The zero-order valence-electron chi connectivity index (χ0n) is 24.2. The first-order chi connectivity index (χ1) is 21.4. The van der Waals surface area contributed by atoms with E-state index in [1.165, 1.54) is 6.20 Å². The summed E-state index contributed by atoms with van der Waals surface area (Å²) < 4.78 is 39.3. The SMILES string of the molecule is COc1ccc(CNc2nc(N3CCCC3CO)ncc2C(=O)NCc2ncccn2)cc1Cl.NCC(O)CO.O=S(=O)([O-])[O-]. The number of carbonyl (C=O) groups is 1. The van der Waals surface area contributed by atoms with Gasteiger partial charge in [-0.25, -0.2) is 15.0 Å². The molecule has 0 spiro atoms. The Hall–Kier alpha value is -3.75. The lowest BCUT2D eigenvalue weighted by atomic mass is 10.2. The predicted molar refractivity (Wildman–Crippen MR) is 161 cm³/mol. The van der Waals surface area contributed by atoms with Gasteiger partial charge in [-0.1, -0.05) is 17.7 Å². The summed E-state index contributed by atoms with van der Waals surface area (Å²) in [4.78, 5) is 32.2. The van der Waals surface area contributed by atoms with Crippen LogP contribution >= 0.6 is 11.6 Å². The number of hydrogen-bond donors (Lipinski definition) is 6. The van der Waals surface area contributed by atoms with Gasteiger partial charge >= 0.3 is 0 Å². The van der Waals surface area contributed by atoms with E-state index in [0.717, 1.165) is 24.9 Å². The van der Waals surface area contributed by atoms with Crippen LogP contribution in [0.25, 0.3) is 0 Å². The van der Waals surface area contributed by atoms with Crippen LogP contribution in [0.4, 0.5) is 11.8 Å². The highest BCUT2D eigenvalue weighted by molar-refractivity contribution is 7.79. The minimum atomic E-state index is -5.17. The average Bonchev–Trinajstić information content (AvgIpc) is 3.51. The minimum absolute atomic E-state index is 0.0236. The van der Waals surface area contributed by atoms with Gasteiger partial charge < -0.3 is 50.4 Å². The fraction of sp³-hybridized carbons (Fsp3) is 0.423. The largest absolute Gasteiger partial charge is 0.759 e. The number of anilines is 2. The van der Waals surface area contributed by atoms with Gasteiger partial charge in [-0.15, -0.1) is 0 Å². The van der Waals surface area contributed by atoms with Gasteiger partial charge in [-0.2, -0.15) is 4.98 Å². The number of nitrogens with zero attached hydrogens (tertiary/aromatic N) is 5. The summed E-state index contributed by atoms with van der Waals surface area (Å²) in [5, 5.41) is 32.5. The lowest BCUT2D eigenvalue weighted by Gasteiger charge is -2.24. The van der Waals surface area contributed by atoms with Gasteiger partial charge in [0, 0.05) is 48.6 Å². The summed E-state index contributed by atoms with van der Waals surface area (Å²) >= 11 is 6.25. The molecule has 3 aromatic rings. The molecule has 1 amide bonds. The van der Waals surface area contributed by atoms with E-state index in [0.29, 0.717) is 40.5 Å². The van der Waals surface area contributed by atoms with Gasteiger partial charge in [0.15, 0.2) is 0 Å². The van der Waals surface area contributed by atoms with Crippen LogP contribution in [0.5, 0.6) is 5.75 Å². The minimum Gasteiger partial charge on any atom is -0.759 e. The second-order valence-electron chi connectivity index (χ2n) is 9.25. The third-order valence-electron chi connectivity index (χ3n) is 6.05. The maximum atomic E-state index is 13.0. The lowest BCUT2D eigenvalue weighted by molar-refractivity contribution is 0.0950. The number of rotatable bonds is 11. The molecule has 1 saturated heterocycles. The van der Waals surface area contributed by atoms with Crippen molar-refractivity contribution in [3.63, 3.8) is 0 Å². The van der Waals surface area contributed by atoms with Crippen molar-refractivity contribution >= 4 is 39.7 Å². The van der Waals surface area contributed by atoms with Crippen LogP contribution in [0.3, 0.4) is 0 Å². The maximum absolute atomic E-state index is 13.0. The fourth-order valence-corrected chi connectivity index (χ4v) is 4.14. The molecular weight excluding hydrogens is 636 g/mol. The number of hydrogen-bond acceptors (Lipinski definition) is 16. The van der Waals surface area contributed by atoms with Gasteiger partial charge in [0.2, 0.25) is 5.95 Å². The highest BCUT2D eigenvalue weighted by Gasteiger charge is 2.27. The zero-order chi connectivity index (χ0) is 33.4. The number of aliphatic hydroxyl groups excluding tert-OH is 3. The van der Waals surface area contributed by atoms with Crippen LogP contribution in [-0.2, 0) is 23.5 Å². The number of carbonyl (C=O) groups excluding carboxylic acids is 1. The number of ether oxygens (including phenoxy) is 1. The molecule has 45 heavy (non-hydrogen) atoms. The fourth-order valence-electron chi connectivity index (χ4n) is 3.86. The van der Waals surface area contributed by atoms with Crippen molar-refractivity contribution in [3.05, 3.63) is 64.8 Å². The normalized spacial score (nSPS) is 14.8. The summed E-state index contributed by atoms with van der Waals surface area (Å²) in [6.07, 6.45) is 5.82. The van der Waals surface area contributed by atoms with E-state index >= 15 is 0 Å². The Kier molecular flexibility index (Phi) is 15.7. The van der Waals surface area contributed by atoms with Gasteiger partial charge in [0.1, 0.15) is 23.0 Å². The van der Waals surface area contributed by atoms with E-state index in [2.05, 4.69) is 30.6 Å². The maximum Gasteiger partial charge on any atom is 0.256 e. The van der Waals surface area contributed by atoms with Crippen LogP contribution in [0.2, 0.25) is 5.02 Å². The number of aromatic nitrogens is 4. The summed E-state index contributed by atoms with van der Waals surface area (Å²) in [7, 11) is -3.61. The van der Waals surface area contributed by atoms with Crippen LogP contribution in [-0.4, -0.2) is 104 Å². The van der Waals surface area contributed by atoms with E-state index in [1.54, 1.807) is 37.7 Å². The Balaban J connectivity index is 0.000000551. The molecular formula is C26H35ClN8O9S-2. The van der Waals surface area contributed by atoms with E-state index in [1.807, 2.05) is 11.0 Å². The third kappa shape index (κ3) is 13.4. The van der Waals surface area contributed by atoms with Crippen LogP contribution in [0.15, 0.2) is 42.9 Å². The van der Waals surface area contributed by atoms with Crippen molar-refractivity contribution in [1.82, 2.24) is 25.3 Å². The highest BCUT2D eigenvalue weighted by Crippen LogP contribution is 2.27. The topological polar surface area (TPSA) is 272 Å². The van der Waals surface area contributed by atoms with Gasteiger partial charge in [0.05, 0.1) is 44.0 Å². The second-order valence-corrected chi connectivity index (χ2v) is 10.5. The van der Waals surface area contributed by atoms with Crippen molar-refractivity contribution in [2.24, 2.45) is 5.73 Å². The Morgan fingerprint density at radius 2 is 1.91 bits per heavy atom. The Morgan fingerprint density at radius 3 is 2.47 bits per heavy atom. The van der Waals surface area contributed by atoms with Gasteiger partial charge in [-0.3, -0.25) is 13.2 Å². The lowest BCUT2D eigenvalue weighted by Crippen LogP contribution is -2.34. The molecule has 2 aromatic heterocycles. The van der Waals surface area contributed by atoms with Gasteiger partial charge in [0.25, 0.3) is 5.91 Å². The molecule has 1 aliphatic heterocycles. The molecule has 4 rings (SSSR count). The van der Waals surface area contributed by atoms with Crippen molar-refractivity contribution in [2.45, 2.75) is 38.1 Å². The Labute approximate surface area is 265 Å². The standard InChI is InChI=1S/C23H26ClN7O3.C3H9NO2.H2O4S/c1-34-19-6-5-15(10-18(19)24)11-27-21-17(22(33)28-13-20-25-7-3-8-26-20)12-29-23(30-21)31-9-2-4-16(31)14-32;4-1-3(6)2-5;1-5(2,3)4/h3,5-8,10,12,16,32H,2,4,9,11,13-14H2,1H3,(H,28,33)(H,27,29,30);3,5-6H,1-2,4H2;(H2,1,2,3,4)/p-2. The number of aliphatic hydroxyl groups is 3. The van der Waals surface area contributed by atoms with Crippen LogP contribution < -0.4 is 26.0 Å². The molecule has 0 bridgehead atoms. The second kappa shape index (κ2) is 18.9. The Bertz CT molecular complexity index is 1450. The molecule has 1 fully saturated rings. The number of nitrogens with two attached hydrogens (primary N) is 1. The molecule has 7 N–H and O–H groups in total. The molecule has 17 nitrogen and oxygen atoms in total. The predicted octanol–water partition coefficient (Wildman–Crippen LogP) is -0.608. The first-order valence-electron chi connectivity index (χ1n) is 13.4. The van der Waals surface area contributed by atoms with E-state index in [-0.39, 0.29) is 38.3 Å². The van der Waals surface area contributed by atoms with E-state index in [9.17, 15) is 9.90 Å². The smallest absolute Gasteiger partial charge is 0.256 e. The number of halogens is 1. The van der Waals surface area contributed by atoms with E-state index < -0.39 is 16.5 Å². The van der Waals surface area contributed by atoms with Crippen molar-refractivity contribution < 1.29 is 42.4 Å². The molecule has 3 heterocycles. The highest BCUT2D eigenvalue weighted by atomic mass is 35.5. The monoisotopic (exact) mass is 670 g/mol. The Morgan fingerprint density at radius 1 is 1.22 bits per heavy atom. The molecule has 1 aliphatic rings. The number of benzene rings is 1. The summed E-state index contributed by atoms with van der Waals surface area (Å²) in [6.45, 7) is 1.22. The van der Waals surface area contributed by atoms with Crippen molar-refractivity contribution in [2.75, 3.05) is 43.6 Å². The molecule has 248 valence electrons. The first-order valence-corrected chi connectivity index (χ1v) is 15.1. The molecule has 19 heteroatoms. The van der Waals surface area contributed by atoms with Crippen molar-refractivity contribution in [1.29, 1.82) is 0 Å². The summed E-state index contributed by atoms with van der Waals surface area (Å²) in [5.41, 5.74) is 6.06. The summed E-state index contributed by atoms with van der Waals surface area (Å²) in [6, 6.07) is 7.14. The van der Waals surface area contributed by atoms with Crippen LogP contribution in [0, 0.1) is 0 Å². The summed E-state index contributed by atoms with van der Waals surface area (Å²) in [5.74, 6) is 1.58. The number of amides is 1. The molecule has 0 saturated carbocycles. The molecule has 2 unspecified atom stereocenters. The van der Waals surface area contributed by atoms with Crippen molar-refractivity contribution in [3.8, 4) is 5.75 Å². The van der Waals surface area contributed by atoms with Crippen LogP contribution in [0.1, 0.15) is 34.6 Å². The number of methoxy groups -OCH3 is 1. The zero-order valence-corrected chi connectivity index (χ0v) is 25.8. The van der Waals surface area contributed by atoms with Gasteiger partial charge in [-0.05, 0) is 36.6 Å². The average molecular weight is 671 g/mol. The van der Waals surface area contributed by atoms with E-state index in [4.69, 9.17) is 49.8 Å². The number of nitrogens with one attached hydrogen (secondary N) is 2. The molecule has 1 aromatic carbocycles. The quantitative estimate of drug-likeness (QED) is 0.110. The molecule has 2 atom stereocenters.